The van der Waals surface area contributed by atoms with Crippen molar-refractivity contribution in [2.45, 2.75) is 19.3 Å². The van der Waals surface area contributed by atoms with Crippen molar-refractivity contribution in [3.8, 4) is 0 Å². The summed E-state index contributed by atoms with van der Waals surface area (Å²) in [7, 11) is 0. The van der Waals surface area contributed by atoms with Gasteiger partial charge in [0.2, 0.25) is 5.91 Å². The molecule has 17 heavy (non-hydrogen) atoms. The minimum absolute atomic E-state index is 0.245. The molecule has 1 atom stereocenters. The molecule has 0 aliphatic heterocycles. The number of aromatic nitrogens is 2. The van der Waals surface area contributed by atoms with Crippen LogP contribution in [-0.4, -0.2) is 15.9 Å². The number of nitrogens with zero attached hydrogens (tertiary/aromatic N) is 1. The lowest BCUT2D eigenvalue weighted by atomic mass is 10.1. The first-order valence-corrected chi connectivity index (χ1v) is 5.41. The second-order valence-corrected chi connectivity index (χ2v) is 3.83. The standard InChI is InChI=1S/C12H13N3O2/c1-2-7(10(13)16)11-14-9-6-4-3-5-8(9)12(17)15-11/h3-7H,2H2,1H3,(H2,13,16)(H,14,15,17). The number of para-hydroxylation sites is 1. The van der Waals surface area contributed by atoms with Crippen LogP contribution in [0.25, 0.3) is 10.9 Å². The highest BCUT2D eigenvalue weighted by atomic mass is 16.1. The van der Waals surface area contributed by atoms with Gasteiger partial charge in [-0.1, -0.05) is 19.1 Å². The summed E-state index contributed by atoms with van der Waals surface area (Å²) in [4.78, 5) is 29.9. The van der Waals surface area contributed by atoms with Gasteiger partial charge in [0.05, 0.1) is 16.8 Å². The molecule has 0 aliphatic rings. The lowest BCUT2D eigenvalue weighted by molar-refractivity contribution is -0.119. The molecule has 0 bridgehead atoms. The second kappa shape index (κ2) is 4.37. The van der Waals surface area contributed by atoms with Crippen molar-refractivity contribution in [1.29, 1.82) is 0 Å². The van der Waals surface area contributed by atoms with Gasteiger partial charge >= 0.3 is 0 Å². The lowest BCUT2D eigenvalue weighted by Crippen LogP contribution is -2.25. The Balaban J connectivity index is 2.64. The van der Waals surface area contributed by atoms with Crippen molar-refractivity contribution in [2.24, 2.45) is 5.73 Å². The Labute approximate surface area is 97.7 Å². The number of H-pyrrole nitrogens is 1. The Kier molecular flexibility index (Phi) is 2.91. The molecule has 88 valence electrons. The van der Waals surface area contributed by atoms with E-state index in [1.165, 1.54) is 0 Å². The molecule has 1 aromatic heterocycles. The monoisotopic (exact) mass is 231 g/mol. The van der Waals surface area contributed by atoms with Crippen molar-refractivity contribution >= 4 is 16.8 Å². The van der Waals surface area contributed by atoms with Gasteiger partial charge in [-0.15, -0.1) is 0 Å². The van der Waals surface area contributed by atoms with E-state index < -0.39 is 11.8 Å². The zero-order valence-electron chi connectivity index (χ0n) is 9.43. The molecule has 0 fully saturated rings. The van der Waals surface area contributed by atoms with Crippen LogP contribution in [0, 0.1) is 0 Å². The minimum atomic E-state index is -0.549. The normalized spacial score (nSPS) is 12.5. The first kappa shape index (κ1) is 11.3. The first-order chi connectivity index (χ1) is 8.13. The Morgan fingerprint density at radius 2 is 2.18 bits per heavy atom. The number of hydrogen-bond donors (Lipinski definition) is 2. The van der Waals surface area contributed by atoms with Crippen molar-refractivity contribution in [1.82, 2.24) is 9.97 Å². The molecule has 0 aliphatic carbocycles. The average Bonchev–Trinajstić information content (AvgIpc) is 2.29. The van der Waals surface area contributed by atoms with Gasteiger partial charge in [-0.3, -0.25) is 9.59 Å². The maximum atomic E-state index is 11.8. The molecule has 2 aromatic rings. The maximum absolute atomic E-state index is 11.8. The number of nitrogens with one attached hydrogen (secondary N) is 1. The van der Waals surface area contributed by atoms with Crippen LogP contribution < -0.4 is 11.3 Å². The number of carbonyl (C=O) groups excluding carboxylic acids is 1. The molecule has 0 saturated heterocycles. The summed E-state index contributed by atoms with van der Waals surface area (Å²) >= 11 is 0. The number of nitrogens with two attached hydrogens (primary N) is 1. The smallest absolute Gasteiger partial charge is 0.258 e. The third-order valence-corrected chi connectivity index (χ3v) is 2.71. The van der Waals surface area contributed by atoms with E-state index in [4.69, 9.17) is 5.73 Å². The summed E-state index contributed by atoms with van der Waals surface area (Å²) in [6, 6.07) is 6.99. The third-order valence-electron chi connectivity index (χ3n) is 2.71. The lowest BCUT2D eigenvalue weighted by Gasteiger charge is -2.10. The van der Waals surface area contributed by atoms with Crippen LogP contribution >= 0.6 is 0 Å². The zero-order valence-corrected chi connectivity index (χ0v) is 9.43. The summed E-state index contributed by atoms with van der Waals surface area (Å²) in [5.74, 6) is -0.693. The van der Waals surface area contributed by atoms with E-state index in [2.05, 4.69) is 9.97 Å². The number of fused-ring (bicyclic) bond motifs is 1. The highest BCUT2D eigenvalue weighted by Crippen LogP contribution is 2.15. The number of rotatable bonds is 3. The molecule has 1 aromatic carbocycles. The number of carbonyl (C=O) groups is 1. The molecule has 1 heterocycles. The van der Waals surface area contributed by atoms with E-state index in [1.807, 2.05) is 6.92 Å². The van der Waals surface area contributed by atoms with Crippen molar-refractivity contribution in [3.63, 3.8) is 0 Å². The SMILES string of the molecule is CCC(C(N)=O)c1nc2ccccc2c(=O)[nH]1. The number of benzene rings is 1. The van der Waals surface area contributed by atoms with Crippen LogP contribution in [0.5, 0.6) is 0 Å². The number of primary amides is 1. The fourth-order valence-corrected chi connectivity index (χ4v) is 1.80. The molecule has 1 amide bonds. The summed E-state index contributed by atoms with van der Waals surface area (Å²) in [6.07, 6.45) is 0.511. The first-order valence-electron chi connectivity index (χ1n) is 5.41. The van der Waals surface area contributed by atoms with Gasteiger partial charge in [0, 0.05) is 0 Å². The van der Waals surface area contributed by atoms with Gasteiger partial charge in [-0.05, 0) is 18.6 Å². The van der Waals surface area contributed by atoms with E-state index in [9.17, 15) is 9.59 Å². The molecule has 2 rings (SSSR count). The third kappa shape index (κ3) is 2.04. The fraction of sp³-hybridized carbons (Fsp3) is 0.250. The Hall–Kier alpha value is -2.17. The largest absolute Gasteiger partial charge is 0.369 e. The van der Waals surface area contributed by atoms with Gasteiger partial charge < -0.3 is 10.7 Å². The van der Waals surface area contributed by atoms with E-state index in [0.29, 0.717) is 23.1 Å². The molecule has 1 unspecified atom stereocenters. The van der Waals surface area contributed by atoms with Gasteiger partial charge in [0.15, 0.2) is 0 Å². The predicted octanol–water partition coefficient (Wildman–Crippen LogP) is 0.902. The summed E-state index contributed by atoms with van der Waals surface area (Å²) < 4.78 is 0. The summed E-state index contributed by atoms with van der Waals surface area (Å²) in [6.45, 7) is 1.82. The molecule has 3 N–H and O–H groups in total. The average molecular weight is 231 g/mol. The van der Waals surface area contributed by atoms with Crippen molar-refractivity contribution in [2.75, 3.05) is 0 Å². The van der Waals surface area contributed by atoms with Crippen LogP contribution in [0.4, 0.5) is 0 Å². The fourth-order valence-electron chi connectivity index (χ4n) is 1.80. The number of hydrogen-bond acceptors (Lipinski definition) is 3. The second-order valence-electron chi connectivity index (χ2n) is 3.83. The molecule has 0 radical (unpaired) electrons. The molecule has 0 spiro atoms. The van der Waals surface area contributed by atoms with Gasteiger partial charge in [0.25, 0.3) is 5.56 Å². The quantitative estimate of drug-likeness (QED) is 0.822. The van der Waals surface area contributed by atoms with E-state index in [0.717, 1.165) is 0 Å². The van der Waals surface area contributed by atoms with E-state index >= 15 is 0 Å². The molecule has 5 heteroatoms. The molecular formula is C12H13N3O2. The highest BCUT2D eigenvalue weighted by Gasteiger charge is 2.18. The Morgan fingerprint density at radius 1 is 1.47 bits per heavy atom. The minimum Gasteiger partial charge on any atom is -0.369 e. The van der Waals surface area contributed by atoms with E-state index in [-0.39, 0.29) is 5.56 Å². The van der Waals surface area contributed by atoms with Gasteiger partial charge in [0.1, 0.15) is 5.82 Å². The van der Waals surface area contributed by atoms with Crippen molar-refractivity contribution < 1.29 is 4.79 Å². The van der Waals surface area contributed by atoms with Crippen LogP contribution in [0.15, 0.2) is 29.1 Å². The molecule has 5 nitrogen and oxygen atoms in total. The molecular weight excluding hydrogens is 218 g/mol. The van der Waals surface area contributed by atoms with Crippen molar-refractivity contribution in [3.05, 3.63) is 40.4 Å². The Morgan fingerprint density at radius 3 is 2.82 bits per heavy atom. The zero-order chi connectivity index (χ0) is 12.4. The van der Waals surface area contributed by atoms with Gasteiger partial charge in [-0.2, -0.15) is 0 Å². The summed E-state index contributed by atoms with van der Waals surface area (Å²) in [5, 5.41) is 0.510. The number of aromatic amines is 1. The van der Waals surface area contributed by atoms with E-state index in [1.54, 1.807) is 24.3 Å². The Bertz CT molecular complexity index is 618. The van der Waals surface area contributed by atoms with Crippen LogP contribution in [0.1, 0.15) is 25.1 Å². The van der Waals surface area contributed by atoms with Crippen LogP contribution in [0.3, 0.4) is 0 Å². The summed E-state index contributed by atoms with van der Waals surface area (Å²) in [5.41, 5.74) is 5.60. The predicted molar refractivity (Wildman–Crippen MR) is 64.6 cm³/mol. The van der Waals surface area contributed by atoms with Gasteiger partial charge in [-0.25, -0.2) is 4.98 Å². The molecule has 0 saturated carbocycles. The maximum Gasteiger partial charge on any atom is 0.258 e. The van der Waals surface area contributed by atoms with Crippen LogP contribution in [0.2, 0.25) is 0 Å². The topological polar surface area (TPSA) is 88.8 Å². The number of amides is 1. The highest BCUT2D eigenvalue weighted by molar-refractivity contribution is 5.82. The van der Waals surface area contributed by atoms with Crippen LogP contribution in [-0.2, 0) is 4.79 Å².